The summed E-state index contributed by atoms with van der Waals surface area (Å²) in [6.07, 6.45) is 7.35. The van der Waals surface area contributed by atoms with Gasteiger partial charge in [0, 0.05) is 63.8 Å². The van der Waals surface area contributed by atoms with Crippen molar-refractivity contribution >= 4 is 40.5 Å². The van der Waals surface area contributed by atoms with Gasteiger partial charge in [-0.2, -0.15) is 5.10 Å². The number of nitrogens with one attached hydrogen (secondary N) is 2. The van der Waals surface area contributed by atoms with E-state index < -0.39 is 17.9 Å². The standard InChI is InChI=1S/C47H54N10O6/c48-43-41-42(32-11-18-36(19-12-32)63-35-7-2-1-3-8-35)53-57(44(41)52-30-51-43)34-16-14-33(15-17-34)55-25-23-54(24-26-55)27-29-62-28-22-49-39(58)20-13-31-6-4-9-37-40(31)47(61)56(46(37)60)38-10-5-21-50-45(38)59/h1-4,6-9,11-12,18-19,30,33-34,38H,5,10,13-17,20-29H2,(H,49,58)(H,50,59)(H2,48,51,52). The molecule has 4 aliphatic rings. The summed E-state index contributed by atoms with van der Waals surface area (Å²) < 4.78 is 14.0. The van der Waals surface area contributed by atoms with Crippen molar-refractivity contribution < 1.29 is 28.7 Å². The lowest BCUT2D eigenvalue weighted by Crippen LogP contribution is -2.52. The molecule has 2 aromatic heterocycles. The van der Waals surface area contributed by atoms with Crippen LogP contribution in [0, 0.1) is 0 Å². The molecule has 3 aromatic carbocycles. The largest absolute Gasteiger partial charge is 0.457 e. The summed E-state index contributed by atoms with van der Waals surface area (Å²) in [6, 6.07) is 22.7. The van der Waals surface area contributed by atoms with E-state index in [0.717, 1.165) is 97.1 Å². The van der Waals surface area contributed by atoms with Gasteiger partial charge in [0.25, 0.3) is 11.8 Å². The molecule has 63 heavy (non-hydrogen) atoms. The van der Waals surface area contributed by atoms with Gasteiger partial charge >= 0.3 is 0 Å². The van der Waals surface area contributed by atoms with Crippen molar-refractivity contribution in [3.63, 3.8) is 0 Å². The minimum Gasteiger partial charge on any atom is -0.457 e. The van der Waals surface area contributed by atoms with Gasteiger partial charge in [-0.05, 0) is 93.0 Å². The van der Waals surface area contributed by atoms with Crippen molar-refractivity contribution in [2.24, 2.45) is 0 Å². The van der Waals surface area contributed by atoms with Crippen molar-refractivity contribution in [2.45, 2.75) is 69.5 Å². The Morgan fingerprint density at radius 1 is 0.825 bits per heavy atom. The molecule has 4 N–H and O–H groups in total. The molecule has 9 rings (SSSR count). The molecule has 1 aliphatic carbocycles. The van der Waals surface area contributed by atoms with Crippen LogP contribution >= 0.6 is 0 Å². The van der Waals surface area contributed by atoms with E-state index in [1.54, 1.807) is 18.2 Å². The molecule has 0 spiro atoms. The van der Waals surface area contributed by atoms with Crippen molar-refractivity contribution in [1.82, 2.24) is 45.1 Å². The molecule has 4 amide bonds. The molecule has 2 saturated heterocycles. The third-order valence-electron chi connectivity index (χ3n) is 12.9. The van der Waals surface area contributed by atoms with Gasteiger partial charge in [-0.3, -0.25) is 33.9 Å². The van der Waals surface area contributed by atoms with Crippen LogP contribution in [0.25, 0.3) is 22.3 Å². The number of rotatable bonds is 15. The third-order valence-corrected chi connectivity index (χ3v) is 12.9. The number of imide groups is 1. The molecular weight excluding hydrogens is 801 g/mol. The van der Waals surface area contributed by atoms with Crippen molar-refractivity contribution in [2.75, 3.05) is 64.8 Å². The number of nitrogens with zero attached hydrogens (tertiary/aromatic N) is 7. The molecule has 16 heteroatoms. The van der Waals surface area contributed by atoms with Crippen molar-refractivity contribution in [3.05, 3.63) is 95.8 Å². The van der Waals surface area contributed by atoms with Gasteiger partial charge in [0.15, 0.2) is 5.65 Å². The number of hydrogen-bond donors (Lipinski definition) is 3. The van der Waals surface area contributed by atoms with E-state index in [9.17, 15) is 19.2 Å². The second-order valence-electron chi connectivity index (χ2n) is 16.8. The number of nitrogen functional groups attached to an aromatic ring is 1. The number of carbonyl (C=O) groups excluding carboxylic acids is 4. The topological polar surface area (TPSA) is 190 Å². The van der Waals surface area contributed by atoms with Crippen molar-refractivity contribution in [1.29, 1.82) is 0 Å². The zero-order valence-corrected chi connectivity index (χ0v) is 35.4. The summed E-state index contributed by atoms with van der Waals surface area (Å²) in [5.74, 6) is 0.580. The molecule has 5 aromatic rings. The number of nitrogens with two attached hydrogens (primary N) is 1. The maximum Gasteiger partial charge on any atom is 0.262 e. The number of fused-ring (bicyclic) bond motifs is 2. The van der Waals surface area contributed by atoms with Crippen LogP contribution in [0.15, 0.2) is 79.1 Å². The maximum absolute atomic E-state index is 13.4. The number of piperidine rings is 1. The Balaban J connectivity index is 0.681. The van der Waals surface area contributed by atoms with Crippen LogP contribution in [0.3, 0.4) is 0 Å². The number of aromatic nitrogens is 4. The summed E-state index contributed by atoms with van der Waals surface area (Å²) >= 11 is 0. The van der Waals surface area contributed by atoms with Gasteiger partial charge < -0.3 is 25.8 Å². The number of anilines is 1. The first-order valence-corrected chi connectivity index (χ1v) is 22.2. The molecule has 3 aliphatic heterocycles. The number of aryl methyl sites for hydroxylation is 1. The van der Waals surface area contributed by atoms with E-state index in [-0.39, 0.29) is 24.3 Å². The second kappa shape index (κ2) is 19.0. The fourth-order valence-electron chi connectivity index (χ4n) is 9.54. The average molecular weight is 855 g/mol. The molecule has 3 fully saturated rings. The van der Waals surface area contributed by atoms with Crippen LogP contribution < -0.4 is 21.1 Å². The highest BCUT2D eigenvalue weighted by Crippen LogP contribution is 2.38. The van der Waals surface area contributed by atoms with Gasteiger partial charge in [-0.25, -0.2) is 14.6 Å². The summed E-state index contributed by atoms with van der Waals surface area (Å²) in [5, 5.41) is 11.6. The van der Waals surface area contributed by atoms with Gasteiger partial charge in [0.05, 0.1) is 35.8 Å². The summed E-state index contributed by atoms with van der Waals surface area (Å²) in [5.41, 5.74) is 10.2. The molecular formula is C47H54N10O6. The van der Waals surface area contributed by atoms with Crippen molar-refractivity contribution in [3.8, 4) is 22.8 Å². The monoisotopic (exact) mass is 854 g/mol. The lowest BCUT2D eigenvalue weighted by molar-refractivity contribution is -0.126. The van der Waals surface area contributed by atoms with Crippen LogP contribution in [-0.2, 0) is 20.7 Å². The Morgan fingerprint density at radius 3 is 2.37 bits per heavy atom. The van der Waals surface area contributed by atoms with E-state index >= 15 is 0 Å². The number of carbonyl (C=O) groups is 4. The lowest BCUT2D eigenvalue weighted by Gasteiger charge is -2.42. The summed E-state index contributed by atoms with van der Waals surface area (Å²) in [4.78, 5) is 66.8. The number of piperazine rings is 1. The van der Waals surface area contributed by atoms with Crippen LogP contribution in [0.5, 0.6) is 11.5 Å². The van der Waals surface area contributed by atoms with E-state index in [4.69, 9.17) is 20.3 Å². The average Bonchev–Trinajstić information content (AvgIpc) is 3.83. The van der Waals surface area contributed by atoms with E-state index in [1.807, 2.05) is 54.6 Å². The highest BCUT2D eigenvalue weighted by molar-refractivity contribution is 6.23. The number of amides is 4. The SMILES string of the molecule is Nc1ncnc2c1c(-c1ccc(Oc3ccccc3)cc1)nn2C1CCC(N2CCN(CCOCCNC(=O)CCc3cccc4c3C(=O)N(C3CCCNC3=O)C4=O)CC2)CC1. The molecule has 16 nitrogen and oxygen atoms in total. The van der Waals surface area contributed by atoms with Gasteiger partial charge in [0.1, 0.15) is 35.4 Å². The molecule has 0 bridgehead atoms. The zero-order chi connectivity index (χ0) is 43.3. The first kappa shape index (κ1) is 42.1. The first-order valence-electron chi connectivity index (χ1n) is 22.2. The Labute approximate surface area is 366 Å². The number of benzene rings is 3. The normalized spacial score (nSPS) is 20.8. The number of ether oxygens (including phenoxy) is 2. The molecule has 328 valence electrons. The Morgan fingerprint density at radius 2 is 1.59 bits per heavy atom. The van der Waals surface area contributed by atoms with E-state index in [2.05, 4.69) is 35.1 Å². The highest BCUT2D eigenvalue weighted by Gasteiger charge is 2.44. The van der Waals surface area contributed by atoms with Crippen LogP contribution in [0.2, 0.25) is 0 Å². The minimum atomic E-state index is -0.800. The Kier molecular flexibility index (Phi) is 12.7. The molecule has 5 heterocycles. The Hall–Kier alpha value is -6.23. The van der Waals surface area contributed by atoms with E-state index in [0.29, 0.717) is 74.1 Å². The van der Waals surface area contributed by atoms with Crippen LogP contribution in [0.1, 0.15) is 77.3 Å². The lowest BCUT2D eigenvalue weighted by atomic mass is 9.90. The van der Waals surface area contributed by atoms with Gasteiger partial charge in [0.2, 0.25) is 11.8 Å². The summed E-state index contributed by atoms with van der Waals surface area (Å²) in [7, 11) is 0. The van der Waals surface area contributed by atoms with E-state index in [1.165, 1.54) is 6.33 Å². The third kappa shape index (κ3) is 9.15. The number of hydrogen-bond acceptors (Lipinski definition) is 12. The molecule has 0 radical (unpaired) electrons. The fraction of sp³-hybridized carbons (Fsp3) is 0.426. The van der Waals surface area contributed by atoms with Crippen LogP contribution in [0.4, 0.5) is 5.82 Å². The van der Waals surface area contributed by atoms with Gasteiger partial charge in [-0.1, -0.05) is 30.3 Å². The predicted molar refractivity (Wildman–Crippen MR) is 236 cm³/mol. The molecule has 1 unspecified atom stereocenters. The predicted octanol–water partition coefficient (Wildman–Crippen LogP) is 4.61. The highest BCUT2D eigenvalue weighted by atomic mass is 16.5. The quantitative estimate of drug-likeness (QED) is 0.0982. The van der Waals surface area contributed by atoms with Crippen LogP contribution in [-0.4, -0.2) is 129 Å². The fourth-order valence-corrected chi connectivity index (χ4v) is 9.54. The Bertz CT molecular complexity index is 2440. The molecule has 1 saturated carbocycles. The first-order chi connectivity index (χ1) is 30.8. The maximum atomic E-state index is 13.4. The van der Waals surface area contributed by atoms with Gasteiger partial charge in [-0.15, -0.1) is 0 Å². The minimum absolute atomic E-state index is 0.153. The molecule has 1 atom stereocenters. The summed E-state index contributed by atoms with van der Waals surface area (Å²) in [6.45, 7) is 6.77. The number of para-hydroxylation sites is 1. The second-order valence-corrected chi connectivity index (χ2v) is 16.8. The smallest absolute Gasteiger partial charge is 0.262 e. The zero-order valence-electron chi connectivity index (χ0n) is 35.4.